The molecule has 0 aliphatic rings. The quantitative estimate of drug-likeness (QED) is 0.512. The summed E-state index contributed by atoms with van der Waals surface area (Å²) in [7, 11) is 0. The van der Waals surface area contributed by atoms with Crippen molar-refractivity contribution >= 4 is 28.3 Å². The summed E-state index contributed by atoms with van der Waals surface area (Å²) < 4.78 is 0.0637. The Bertz CT molecular complexity index is 301. The molecule has 0 aromatic heterocycles. The van der Waals surface area contributed by atoms with Gasteiger partial charge in [-0.2, -0.15) is 0 Å². The number of para-hydroxylation sites is 1. The highest BCUT2D eigenvalue weighted by Gasteiger charge is 2.22. The maximum atomic E-state index is 9.91. The average Bonchev–Trinajstić information content (AvgIpc) is 2.16. The molecule has 0 heterocycles. The van der Waals surface area contributed by atoms with E-state index in [0.29, 0.717) is 0 Å². The van der Waals surface area contributed by atoms with Gasteiger partial charge in [0.15, 0.2) is 0 Å². The Morgan fingerprint density at radius 1 is 1.29 bits per heavy atom. The highest BCUT2D eigenvalue weighted by molar-refractivity contribution is 14.1. The number of alkyl halides is 1. The second-order valence-electron chi connectivity index (χ2n) is 3.77. The minimum Gasteiger partial charge on any atom is -0.398 e. The molecule has 0 saturated carbocycles. The highest BCUT2D eigenvalue weighted by Crippen LogP contribution is 2.33. The van der Waals surface area contributed by atoms with E-state index in [2.05, 4.69) is 22.6 Å². The summed E-state index contributed by atoms with van der Waals surface area (Å²) in [5.41, 5.74) is 7.62. The summed E-state index contributed by atoms with van der Waals surface area (Å²) in [5, 5.41) is 9.91. The largest absolute Gasteiger partial charge is 0.398 e. The number of hydrogen-bond donors (Lipinski definition) is 2. The van der Waals surface area contributed by atoms with Crippen molar-refractivity contribution in [3.63, 3.8) is 0 Å². The minimum absolute atomic E-state index is 0.0637. The summed E-state index contributed by atoms with van der Waals surface area (Å²) in [5.74, 6) is 0.247. The topological polar surface area (TPSA) is 46.2 Å². The molecule has 2 unspecified atom stereocenters. The molecule has 3 N–H and O–H groups in total. The monoisotopic (exact) mass is 305 g/mol. The Hall–Kier alpha value is -0.290. The lowest BCUT2D eigenvalue weighted by molar-refractivity contribution is 0.127. The zero-order valence-electron chi connectivity index (χ0n) is 8.44. The predicted octanol–water partition coefficient (Wildman–Crippen LogP) is 2.76. The number of hydrogen-bond acceptors (Lipinski definition) is 2. The van der Waals surface area contributed by atoms with Crippen LogP contribution in [-0.2, 0) is 0 Å². The van der Waals surface area contributed by atoms with E-state index in [-0.39, 0.29) is 15.9 Å². The van der Waals surface area contributed by atoms with Crippen molar-refractivity contribution in [2.75, 3.05) is 5.73 Å². The fourth-order valence-corrected chi connectivity index (χ4v) is 2.68. The lowest BCUT2D eigenvalue weighted by atomic mass is 9.98. The van der Waals surface area contributed by atoms with Crippen molar-refractivity contribution < 1.29 is 5.11 Å². The number of rotatable bonds is 3. The van der Waals surface area contributed by atoms with Crippen molar-refractivity contribution in [1.29, 1.82) is 0 Å². The molecule has 0 aliphatic carbocycles. The first-order valence-corrected chi connectivity index (χ1v) is 5.95. The van der Waals surface area contributed by atoms with Gasteiger partial charge in [0.2, 0.25) is 0 Å². The van der Waals surface area contributed by atoms with Crippen LogP contribution in [0.3, 0.4) is 0 Å². The molecule has 0 fully saturated rings. The van der Waals surface area contributed by atoms with Gasteiger partial charge in [0.1, 0.15) is 0 Å². The van der Waals surface area contributed by atoms with Crippen molar-refractivity contribution in [3.8, 4) is 0 Å². The molecule has 0 bridgehead atoms. The molecule has 14 heavy (non-hydrogen) atoms. The highest BCUT2D eigenvalue weighted by atomic mass is 127. The standard InChI is InChI=1S/C11H16INO/c1-7(2)11(14)10(12)8-5-3-4-6-9(8)13/h3-7,10-11,14H,13H2,1-2H3. The van der Waals surface area contributed by atoms with Crippen molar-refractivity contribution in [2.24, 2.45) is 5.92 Å². The normalized spacial score (nSPS) is 15.5. The zero-order valence-corrected chi connectivity index (χ0v) is 10.6. The van der Waals surface area contributed by atoms with Gasteiger partial charge in [-0.25, -0.2) is 0 Å². The van der Waals surface area contributed by atoms with Crippen LogP contribution < -0.4 is 5.73 Å². The Labute approximate surface area is 98.7 Å². The third-order valence-electron chi connectivity index (χ3n) is 2.28. The number of anilines is 1. The van der Waals surface area contributed by atoms with Gasteiger partial charge in [0.05, 0.1) is 10.0 Å². The number of benzene rings is 1. The zero-order chi connectivity index (χ0) is 10.7. The van der Waals surface area contributed by atoms with E-state index in [1.807, 2.05) is 38.1 Å². The van der Waals surface area contributed by atoms with Gasteiger partial charge in [-0.1, -0.05) is 54.6 Å². The van der Waals surface area contributed by atoms with Crippen molar-refractivity contribution in [1.82, 2.24) is 0 Å². The Morgan fingerprint density at radius 3 is 2.36 bits per heavy atom. The molecular formula is C11H16INO. The average molecular weight is 305 g/mol. The van der Waals surface area contributed by atoms with E-state index < -0.39 is 0 Å². The van der Waals surface area contributed by atoms with Crippen molar-refractivity contribution in [3.05, 3.63) is 29.8 Å². The Kier molecular flexibility index (Phi) is 4.19. The van der Waals surface area contributed by atoms with Crippen LogP contribution in [0.2, 0.25) is 0 Å². The maximum Gasteiger partial charge on any atom is 0.0722 e. The van der Waals surface area contributed by atoms with Crippen LogP contribution >= 0.6 is 22.6 Å². The van der Waals surface area contributed by atoms with Crippen LogP contribution in [0.15, 0.2) is 24.3 Å². The molecule has 1 aromatic carbocycles. The van der Waals surface area contributed by atoms with Crippen LogP contribution in [0.4, 0.5) is 5.69 Å². The summed E-state index contributed by atoms with van der Waals surface area (Å²) in [6.07, 6.45) is -0.347. The Balaban J connectivity index is 2.89. The van der Waals surface area contributed by atoms with Gasteiger partial charge in [-0.05, 0) is 17.5 Å². The van der Waals surface area contributed by atoms with Crippen LogP contribution in [0.25, 0.3) is 0 Å². The molecular weight excluding hydrogens is 289 g/mol. The maximum absolute atomic E-state index is 9.91. The predicted molar refractivity (Wildman–Crippen MR) is 68.5 cm³/mol. The summed E-state index contributed by atoms with van der Waals surface area (Å²) in [4.78, 5) is 0. The lowest BCUT2D eigenvalue weighted by Crippen LogP contribution is -2.20. The van der Waals surface area contributed by atoms with Crippen LogP contribution in [0.5, 0.6) is 0 Å². The minimum atomic E-state index is -0.347. The lowest BCUT2D eigenvalue weighted by Gasteiger charge is -2.22. The van der Waals surface area contributed by atoms with E-state index in [1.165, 1.54) is 0 Å². The smallest absolute Gasteiger partial charge is 0.0722 e. The number of aliphatic hydroxyl groups excluding tert-OH is 1. The van der Waals surface area contributed by atoms with Gasteiger partial charge in [0.25, 0.3) is 0 Å². The molecule has 0 radical (unpaired) electrons. The molecule has 2 atom stereocenters. The van der Waals surface area contributed by atoms with Gasteiger partial charge in [-0.15, -0.1) is 0 Å². The first-order chi connectivity index (χ1) is 6.54. The van der Waals surface area contributed by atoms with Crippen LogP contribution in [0, 0.1) is 5.92 Å². The first-order valence-electron chi connectivity index (χ1n) is 4.70. The molecule has 0 spiro atoms. The third-order valence-corrected chi connectivity index (χ3v) is 3.68. The number of aliphatic hydroxyl groups is 1. The molecule has 0 aliphatic heterocycles. The molecule has 1 rings (SSSR count). The van der Waals surface area contributed by atoms with Gasteiger partial charge >= 0.3 is 0 Å². The summed E-state index contributed by atoms with van der Waals surface area (Å²) in [6.45, 7) is 4.02. The van der Waals surface area contributed by atoms with E-state index in [0.717, 1.165) is 11.3 Å². The SMILES string of the molecule is CC(C)C(O)C(I)c1ccccc1N. The second kappa shape index (κ2) is 4.98. The van der Waals surface area contributed by atoms with Crippen molar-refractivity contribution in [2.45, 2.75) is 23.9 Å². The van der Waals surface area contributed by atoms with Gasteiger partial charge in [0, 0.05) is 5.69 Å². The number of halogens is 1. The van der Waals surface area contributed by atoms with Crippen LogP contribution in [-0.4, -0.2) is 11.2 Å². The van der Waals surface area contributed by atoms with Gasteiger partial charge < -0.3 is 10.8 Å². The first kappa shape index (κ1) is 11.8. The molecule has 2 nitrogen and oxygen atoms in total. The summed E-state index contributed by atoms with van der Waals surface area (Å²) >= 11 is 2.24. The van der Waals surface area contributed by atoms with E-state index in [4.69, 9.17) is 5.73 Å². The van der Waals surface area contributed by atoms with E-state index in [1.54, 1.807) is 0 Å². The fraction of sp³-hybridized carbons (Fsp3) is 0.455. The molecule has 3 heteroatoms. The number of nitrogens with two attached hydrogens (primary N) is 1. The third kappa shape index (κ3) is 2.60. The Morgan fingerprint density at radius 2 is 1.86 bits per heavy atom. The second-order valence-corrected chi connectivity index (χ2v) is 5.11. The van der Waals surface area contributed by atoms with Crippen LogP contribution in [0.1, 0.15) is 23.3 Å². The fourth-order valence-electron chi connectivity index (χ4n) is 1.28. The molecule has 1 aromatic rings. The molecule has 0 saturated heterocycles. The number of nitrogen functional groups attached to an aromatic ring is 1. The van der Waals surface area contributed by atoms with Gasteiger partial charge in [-0.3, -0.25) is 0 Å². The molecule has 78 valence electrons. The summed E-state index contributed by atoms with van der Waals surface area (Å²) in [6, 6.07) is 7.69. The molecule has 0 amide bonds. The van der Waals surface area contributed by atoms with E-state index >= 15 is 0 Å². The van der Waals surface area contributed by atoms with E-state index in [9.17, 15) is 5.11 Å².